The van der Waals surface area contributed by atoms with E-state index in [9.17, 15) is 8.42 Å². The first-order valence-corrected chi connectivity index (χ1v) is 9.44. The van der Waals surface area contributed by atoms with E-state index in [4.69, 9.17) is 17.4 Å². The Morgan fingerprint density at radius 2 is 1.54 bits per heavy atom. The van der Waals surface area contributed by atoms with E-state index in [0.717, 1.165) is 11.3 Å². The molecule has 0 aliphatic heterocycles. The first-order valence-electron chi connectivity index (χ1n) is 7.48. The zero-order chi connectivity index (χ0) is 18.3. The maximum absolute atomic E-state index is 11.6. The highest BCUT2D eigenvalue weighted by Gasteiger charge is 2.20. The maximum atomic E-state index is 11.6. The predicted molar refractivity (Wildman–Crippen MR) is 97.8 cm³/mol. The number of rotatable bonds is 3. The molecule has 4 aromatic rings. The average Bonchev–Trinajstić information content (AvgIpc) is 3.08. The van der Waals surface area contributed by atoms with Crippen LogP contribution in [0.1, 0.15) is 0 Å². The van der Waals surface area contributed by atoms with E-state index >= 15 is 0 Å². The minimum Gasteiger partial charge on any atom is -0.269 e. The van der Waals surface area contributed by atoms with Crippen molar-refractivity contribution in [3.63, 3.8) is 0 Å². The zero-order valence-electron chi connectivity index (χ0n) is 13.2. The molecule has 0 aliphatic carbocycles. The molecule has 2 heterocycles. The van der Waals surface area contributed by atoms with Crippen LogP contribution < -0.4 is 5.14 Å². The Hall–Kier alpha value is -2.95. The summed E-state index contributed by atoms with van der Waals surface area (Å²) in [4.78, 5) is 8.40. The van der Waals surface area contributed by atoms with Crippen LogP contribution in [0.5, 0.6) is 0 Å². The van der Waals surface area contributed by atoms with Gasteiger partial charge in [0.1, 0.15) is 0 Å². The fourth-order valence-electron chi connectivity index (χ4n) is 2.53. The molecular formula is C16H12N6O2S2. The fraction of sp³-hybridized carbons (Fsp3) is 0. The number of aromatic nitrogens is 5. The first-order chi connectivity index (χ1) is 12.4. The summed E-state index contributed by atoms with van der Waals surface area (Å²) in [5, 5.41) is 8.52. The Morgan fingerprint density at radius 3 is 2.15 bits per heavy atom. The Balaban J connectivity index is 2.13. The van der Waals surface area contributed by atoms with Gasteiger partial charge in [-0.3, -0.25) is 4.57 Å². The summed E-state index contributed by atoms with van der Waals surface area (Å²) in [5.41, 5.74) is 1.56. The third kappa shape index (κ3) is 2.79. The highest BCUT2D eigenvalue weighted by Crippen LogP contribution is 2.22. The second-order valence-corrected chi connectivity index (χ2v) is 7.23. The molecule has 0 amide bonds. The monoisotopic (exact) mass is 384 g/mol. The van der Waals surface area contributed by atoms with Gasteiger partial charge < -0.3 is 0 Å². The number of hydrogen-bond acceptors (Lipinski definition) is 6. The standard InChI is InChI=1S/C16H12N6O2S2/c17-26(23,24)15-19-14-18-13(11-7-3-1-4-8-11)21(16(25)22(14)20-15)12-9-5-2-6-10-12/h1-10H,(H2,17,23,24). The molecule has 0 spiro atoms. The van der Waals surface area contributed by atoms with Gasteiger partial charge in [0.25, 0.3) is 21.0 Å². The van der Waals surface area contributed by atoms with Crippen molar-refractivity contribution in [1.29, 1.82) is 0 Å². The third-order valence-corrected chi connectivity index (χ3v) is 4.70. The summed E-state index contributed by atoms with van der Waals surface area (Å²) in [6.07, 6.45) is 0. The van der Waals surface area contributed by atoms with Gasteiger partial charge >= 0.3 is 0 Å². The van der Waals surface area contributed by atoms with Gasteiger partial charge in [-0.25, -0.2) is 13.6 Å². The molecule has 0 saturated carbocycles. The number of benzene rings is 2. The lowest BCUT2D eigenvalue weighted by Gasteiger charge is -2.13. The van der Waals surface area contributed by atoms with Gasteiger partial charge in [0.2, 0.25) is 4.77 Å². The van der Waals surface area contributed by atoms with Crippen molar-refractivity contribution in [3.8, 4) is 17.1 Å². The molecule has 8 nitrogen and oxygen atoms in total. The van der Waals surface area contributed by atoms with Crippen LogP contribution in [0.2, 0.25) is 0 Å². The number of hydrogen-bond donors (Lipinski definition) is 1. The maximum Gasteiger partial charge on any atom is 0.284 e. The van der Waals surface area contributed by atoms with Gasteiger partial charge in [-0.15, -0.1) is 5.10 Å². The predicted octanol–water partition coefficient (Wildman–Crippen LogP) is 1.96. The Kier molecular flexibility index (Phi) is 3.87. The van der Waals surface area contributed by atoms with Crippen molar-refractivity contribution in [2.75, 3.05) is 0 Å². The Bertz CT molecular complexity index is 1260. The van der Waals surface area contributed by atoms with Gasteiger partial charge in [0.05, 0.1) is 0 Å². The first kappa shape index (κ1) is 16.5. The Labute approximate surface area is 153 Å². The summed E-state index contributed by atoms with van der Waals surface area (Å²) in [7, 11) is -4.08. The summed E-state index contributed by atoms with van der Waals surface area (Å²) in [6, 6.07) is 18.8. The molecule has 0 unspecified atom stereocenters. The SMILES string of the molecule is NS(=O)(=O)c1nc2nc(-c3ccccc3)n(-c3ccccc3)c(=S)n2n1. The zero-order valence-corrected chi connectivity index (χ0v) is 14.9. The molecule has 2 aromatic heterocycles. The van der Waals surface area contributed by atoms with Gasteiger partial charge in [-0.05, 0) is 24.4 Å². The highest BCUT2D eigenvalue weighted by atomic mass is 32.2. The molecule has 0 aliphatic rings. The lowest BCUT2D eigenvalue weighted by Crippen LogP contribution is -2.14. The second-order valence-electron chi connectivity index (χ2n) is 5.41. The van der Waals surface area contributed by atoms with Crippen LogP contribution in [-0.4, -0.2) is 32.6 Å². The van der Waals surface area contributed by atoms with Gasteiger partial charge in [0.15, 0.2) is 5.82 Å². The van der Waals surface area contributed by atoms with Crippen molar-refractivity contribution >= 4 is 28.0 Å². The molecule has 10 heteroatoms. The van der Waals surface area contributed by atoms with Crippen LogP contribution in [0.4, 0.5) is 0 Å². The molecule has 26 heavy (non-hydrogen) atoms. The molecule has 0 radical (unpaired) electrons. The summed E-state index contributed by atoms with van der Waals surface area (Å²) in [6.45, 7) is 0. The molecule has 0 bridgehead atoms. The van der Waals surface area contributed by atoms with Crippen LogP contribution >= 0.6 is 12.2 Å². The van der Waals surface area contributed by atoms with E-state index in [1.165, 1.54) is 4.52 Å². The van der Waals surface area contributed by atoms with E-state index in [0.29, 0.717) is 5.82 Å². The van der Waals surface area contributed by atoms with Gasteiger partial charge in [-0.1, -0.05) is 48.5 Å². The van der Waals surface area contributed by atoms with E-state index in [1.807, 2.05) is 60.7 Å². The van der Waals surface area contributed by atoms with E-state index in [2.05, 4.69) is 15.1 Å². The number of para-hydroxylation sites is 1. The molecule has 0 saturated heterocycles. The minimum atomic E-state index is -4.08. The van der Waals surface area contributed by atoms with Crippen molar-refractivity contribution in [2.45, 2.75) is 5.16 Å². The lowest BCUT2D eigenvalue weighted by molar-refractivity contribution is 0.588. The van der Waals surface area contributed by atoms with E-state index in [-0.39, 0.29) is 10.5 Å². The highest BCUT2D eigenvalue weighted by molar-refractivity contribution is 7.89. The number of nitrogens with two attached hydrogens (primary N) is 1. The molecule has 0 fully saturated rings. The normalized spacial score (nSPS) is 11.7. The van der Waals surface area contributed by atoms with Crippen molar-refractivity contribution in [1.82, 2.24) is 24.1 Å². The van der Waals surface area contributed by atoms with E-state index < -0.39 is 15.2 Å². The number of sulfonamides is 1. The van der Waals surface area contributed by atoms with Crippen molar-refractivity contribution in [3.05, 3.63) is 65.4 Å². The van der Waals surface area contributed by atoms with Crippen LogP contribution in [0.25, 0.3) is 22.9 Å². The summed E-state index contributed by atoms with van der Waals surface area (Å²) < 4.78 is 26.3. The van der Waals surface area contributed by atoms with Gasteiger partial charge in [0, 0.05) is 11.3 Å². The van der Waals surface area contributed by atoms with Gasteiger partial charge in [-0.2, -0.15) is 14.5 Å². The van der Waals surface area contributed by atoms with E-state index in [1.54, 1.807) is 4.57 Å². The lowest BCUT2D eigenvalue weighted by atomic mass is 10.2. The number of primary sulfonamides is 1. The fourth-order valence-corrected chi connectivity index (χ4v) is 3.25. The summed E-state index contributed by atoms with van der Waals surface area (Å²) >= 11 is 5.55. The number of nitrogens with zero attached hydrogens (tertiary/aromatic N) is 5. The molecule has 4 rings (SSSR count). The largest absolute Gasteiger partial charge is 0.284 e. The second kappa shape index (κ2) is 6.09. The van der Waals surface area contributed by atoms with Crippen LogP contribution in [0, 0.1) is 4.77 Å². The Morgan fingerprint density at radius 1 is 0.923 bits per heavy atom. The molecule has 130 valence electrons. The van der Waals surface area contributed by atoms with Crippen molar-refractivity contribution < 1.29 is 8.42 Å². The molecule has 0 atom stereocenters. The van der Waals surface area contributed by atoms with Crippen LogP contribution in [-0.2, 0) is 10.0 Å². The third-order valence-electron chi connectivity index (χ3n) is 3.66. The molecule has 2 aromatic carbocycles. The minimum absolute atomic E-state index is 0.0602. The summed E-state index contributed by atoms with van der Waals surface area (Å²) in [5.74, 6) is 0.577. The average molecular weight is 384 g/mol. The van der Waals surface area contributed by atoms with Crippen LogP contribution in [0.15, 0.2) is 65.8 Å². The topological polar surface area (TPSA) is 108 Å². The van der Waals surface area contributed by atoms with Crippen LogP contribution in [0.3, 0.4) is 0 Å². The smallest absolute Gasteiger partial charge is 0.269 e. The molecular weight excluding hydrogens is 372 g/mol. The van der Waals surface area contributed by atoms with Crippen molar-refractivity contribution in [2.24, 2.45) is 5.14 Å². The quantitative estimate of drug-likeness (QED) is 0.541. The molecule has 2 N–H and O–H groups in total. The number of fused-ring (bicyclic) bond motifs is 1.